The molecular formula is H5AlCeCrMgMnZr. The van der Waals surface area contributed by atoms with E-state index in [9.17, 15) is 0 Å². The summed E-state index contributed by atoms with van der Waals surface area (Å²) in [7, 11) is 0. The van der Waals surface area contributed by atoms with Crippen LogP contribution in [0.15, 0.2) is 0 Å². The van der Waals surface area contributed by atoms with Crippen molar-refractivity contribution in [3.63, 3.8) is 0 Å². The van der Waals surface area contributed by atoms with Gasteiger partial charge in [-0.15, -0.1) is 0 Å². The fraction of sp³-hybridized carbons (Fsp3) is 0. The largest absolute Gasteiger partial charge is 2.00 e. The van der Waals surface area contributed by atoms with E-state index in [1.165, 1.54) is 0 Å². The third-order valence-corrected chi connectivity index (χ3v) is 0. The smallest absolute Gasteiger partial charge is 1.00 e. The van der Waals surface area contributed by atoms with Gasteiger partial charge in [-0.3, -0.25) is 0 Å². The van der Waals surface area contributed by atoms with Crippen LogP contribution in [-0.2, 0) is 60.6 Å². The summed E-state index contributed by atoms with van der Waals surface area (Å²) in [6, 6.07) is 0. The van der Waals surface area contributed by atoms with Crippen LogP contribution in [0.1, 0.15) is 2.85 Å². The molecule has 0 aliphatic heterocycles. The Morgan fingerprint density at radius 1 is 1.17 bits per heavy atom. The van der Waals surface area contributed by atoms with Crippen LogP contribution in [-0.4, -0.2) is 40.4 Å². The summed E-state index contributed by atoms with van der Waals surface area (Å²) >= 11 is 0. The Morgan fingerprint density at radius 3 is 1.17 bits per heavy atom. The average molecular weight is 395 g/mol. The molecule has 0 saturated heterocycles. The van der Waals surface area contributed by atoms with Crippen molar-refractivity contribution in [1.82, 2.24) is 0 Å². The summed E-state index contributed by atoms with van der Waals surface area (Å²) < 4.78 is 0. The maximum atomic E-state index is 0. The van der Waals surface area contributed by atoms with Gasteiger partial charge in [0.1, 0.15) is 0 Å². The fourth-order valence-electron chi connectivity index (χ4n) is 0. The van der Waals surface area contributed by atoms with Gasteiger partial charge in [-0.2, -0.15) is 0 Å². The van der Waals surface area contributed by atoms with Crippen LogP contribution in [0.3, 0.4) is 0 Å². The van der Waals surface area contributed by atoms with Gasteiger partial charge in [0, 0.05) is 102 Å². The molecule has 0 N–H and O–H groups in total. The fourth-order valence-corrected chi connectivity index (χ4v) is 0. The first-order chi connectivity index (χ1) is 0. The molecule has 31 valence electrons. The van der Waals surface area contributed by atoms with Gasteiger partial charge in [-0.25, -0.2) is 0 Å². The second kappa shape index (κ2) is 33.5. The summed E-state index contributed by atoms with van der Waals surface area (Å²) in [4.78, 5) is 0. The Balaban J connectivity index is 0. The molecular weight excluding hydrogens is 390 g/mol. The third-order valence-electron chi connectivity index (χ3n) is 0. The second-order valence-corrected chi connectivity index (χ2v) is 0. The van der Waals surface area contributed by atoms with Gasteiger partial charge in [0.25, 0.3) is 0 Å². The summed E-state index contributed by atoms with van der Waals surface area (Å²) in [6.07, 6.45) is 0. The molecule has 0 aromatic rings. The van der Waals surface area contributed by atoms with Gasteiger partial charge in [0.15, 0.2) is 17.4 Å². The van der Waals surface area contributed by atoms with Gasteiger partial charge in [0.2, 0.25) is 0 Å². The Morgan fingerprint density at radius 2 is 1.17 bits per heavy atom. The van der Waals surface area contributed by atoms with Crippen molar-refractivity contribution >= 4 is 40.4 Å². The molecule has 0 atom stereocenters. The minimum absolute atomic E-state index is 0. The van der Waals surface area contributed by atoms with Crippen molar-refractivity contribution in [3.05, 3.63) is 0 Å². The standard InChI is InChI=1S/Al.Ce.Cr.Mg.Mn.Zr.5H/q;;;+2;;;;;;2*-1. The van der Waals surface area contributed by atoms with Crippen LogP contribution in [0.4, 0.5) is 0 Å². The van der Waals surface area contributed by atoms with Crippen molar-refractivity contribution in [2.75, 3.05) is 0 Å². The van der Waals surface area contributed by atoms with E-state index in [4.69, 9.17) is 0 Å². The molecule has 0 nitrogen and oxygen atoms in total. The molecule has 0 saturated carbocycles. The van der Waals surface area contributed by atoms with Crippen LogP contribution >= 0.6 is 0 Å². The molecule has 0 amide bonds. The quantitative estimate of drug-likeness (QED) is 0.446. The van der Waals surface area contributed by atoms with E-state index >= 15 is 0 Å². The van der Waals surface area contributed by atoms with E-state index in [1.54, 1.807) is 0 Å². The summed E-state index contributed by atoms with van der Waals surface area (Å²) in [5.41, 5.74) is 0. The van der Waals surface area contributed by atoms with Gasteiger partial charge < -0.3 is 2.85 Å². The molecule has 6 heteroatoms. The molecule has 0 aliphatic rings. The maximum Gasteiger partial charge on any atom is 2.00 e. The number of hydrogen-bond donors (Lipinski definition) is 0. The molecule has 0 unspecified atom stereocenters. The monoisotopic (exact) mass is 393 g/mol. The Hall–Kier alpha value is 4.61. The summed E-state index contributed by atoms with van der Waals surface area (Å²) in [5.74, 6) is 0. The SMILES string of the molecule is [AlH3].[Ce].[Cr].[H-].[H-].[Mg+2].[Mn].[Zr]. The van der Waals surface area contributed by atoms with Crippen molar-refractivity contribution in [2.24, 2.45) is 0 Å². The van der Waals surface area contributed by atoms with Gasteiger partial charge >= 0.3 is 23.1 Å². The van der Waals surface area contributed by atoms with E-state index in [1.807, 2.05) is 0 Å². The Kier molecular flexibility index (Phi) is 258. The molecule has 0 aromatic carbocycles. The van der Waals surface area contributed by atoms with E-state index in [2.05, 4.69) is 0 Å². The van der Waals surface area contributed by atoms with Crippen LogP contribution in [0.25, 0.3) is 0 Å². The molecule has 0 aliphatic carbocycles. The zero-order chi connectivity index (χ0) is 0. The molecule has 0 rings (SSSR count). The number of rotatable bonds is 0. The van der Waals surface area contributed by atoms with Crippen molar-refractivity contribution in [1.29, 1.82) is 0 Å². The Bertz CT molecular complexity index is 22.0. The molecule has 0 heterocycles. The topological polar surface area (TPSA) is 0 Å². The minimum atomic E-state index is 0. The normalized spacial score (nSPS) is 0. The van der Waals surface area contributed by atoms with E-state index < -0.39 is 0 Å². The molecule has 0 aromatic heterocycles. The third kappa shape index (κ3) is 23.5. The van der Waals surface area contributed by atoms with Crippen LogP contribution in [0.5, 0.6) is 0 Å². The maximum absolute atomic E-state index is 0. The van der Waals surface area contributed by atoms with Gasteiger partial charge in [-0.1, -0.05) is 0 Å². The van der Waals surface area contributed by atoms with Crippen LogP contribution < -0.4 is 0 Å². The molecule has 1 radical (unpaired) electrons. The zero-order valence-corrected chi connectivity index (χ0v) is 12.0. The van der Waals surface area contributed by atoms with Gasteiger partial charge in [-0.05, 0) is 0 Å². The first-order valence-corrected chi connectivity index (χ1v) is 0. The van der Waals surface area contributed by atoms with Crippen LogP contribution in [0.2, 0.25) is 0 Å². The minimum Gasteiger partial charge on any atom is -1.00 e. The zero-order valence-electron chi connectivity index (χ0n) is 4.49. The predicted octanol–water partition coefficient (Wildman–Crippen LogP) is -1.35. The van der Waals surface area contributed by atoms with Crippen molar-refractivity contribution in [2.45, 2.75) is 0 Å². The summed E-state index contributed by atoms with van der Waals surface area (Å²) in [6.45, 7) is 0. The van der Waals surface area contributed by atoms with E-state index in [0.717, 1.165) is 0 Å². The van der Waals surface area contributed by atoms with Gasteiger partial charge in [0.05, 0.1) is 0 Å². The number of hydrogen-bond acceptors (Lipinski definition) is 0. The summed E-state index contributed by atoms with van der Waals surface area (Å²) in [5, 5.41) is 0. The molecule has 6 heavy (non-hydrogen) atoms. The van der Waals surface area contributed by atoms with E-state index in [-0.39, 0.29) is 146 Å². The first-order valence-electron chi connectivity index (χ1n) is 0. The molecule has 0 fully saturated rings. The Labute approximate surface area is 142 Å². The van der Waals surface area contributed by atoms with Crippen LogP contribution in [0, 0.1) is 41.7 Å². The molecule has 0 bridgehead atoms. The predicted molar refractivity (Wildman–Crippen MR) is 17.9 cm³/mol. The molecule has 0 spiro atoms. The average Bonchev–Trinajstić information content (AvgIpc) is 0. The second-order valence-electron chi connectivity index (χ2n) is 0. The van der Waals surface area contributed by atoms with Crippen molar-refractivity contribution < 1.29 is 105 Å². The first kappa shape index (κ1) is 46.1. The van der Waals surface area contributed by atoms with Crippen molar-refractivity contribution in [3.8, 4) is 0 Å². The van der Waals surface area contributed by atoms with E-state index in [0.29, 0.717) is 0 Å².